The van der Waals surface area contributed by atoms with Crippen LogP contribution < -0.4 is 10.3 Å². The highest BCUT2D eigenvalue weighted by Gasteiger charge is 2.31. The summed E-state index contributed by atoms with van der Waals surface area (Å²) in [6, 6.07) is 12.7. The molecule has 0 radical (unpaired) electrons. The SMILES string of the molecule is Cc1c(C(=O)N2CCN(c3ccccc3F)CC2)oc2c1/C(=N/Nc1ccc(F)cc1)CCC2. The fourth-order valence-corrected chi connectivity index (χ4v) is 4.64. The van der Waals surface area contributed by atoms with Crippen LogP contribution in [0.4, 0.5) is 20.2 Å². The molecule has 3 aromatic rings. The summed E-state index contributed by atoms with van der Waals surface area (Å²) >= 11 is 0. The van der Waals surface area contributed by atoms with Crippen molar-refractivity contribution in [3.63, 3.8) is 0 Å². The van der Waals surface area contributed by atoms with E-state index in [0.29, 0.717) is 43.3 Å². The van der Waals surface area contributed by atoms with Gasteiger partial charge in [-0.3, -0.25) is 10.2 Å². The molecule has 34 heavy (non-hydrogen) atoms. The van der Waals surface area contributed by atoms with E-state index in [0.717, 1.165) is 41.9 Å². The van der Waals surface area contributed by atoms with Gasteiger partial charge in [0, 0.05) is 43.7 Å². The van der Waals surface area contributed by atoms with Gasteiger partial charge in [0.05, 0.1) is 17.1 Å². The first kappa shape index (κ1) is 22.1. The second-order valence-electron chi connectivity index (χ2n) is 8.62. The minimum Gasteiger partial charge on any atom is -0.455 e. The van der Waals surface area contributed by atoms with E-state index >= 15 is 0 Å². The van der Waals surface area contributed by atoms with E-state index in [1.54, 1.807) is 29.2 Å². The van der Waals surface area contributed by atoms with E-state index in [2.05, 4.69) is 10.5 Å². The fraction of sp³-hybridized carbons (Fsp3) is 0.308. The number of aryl methyl sites for hydroxylation is 1. The number of halogens is 2. The number of anilines is 2. The molecule has 5 rings (SSSR count). The molecule has 2 aromatic carbocycles. The normalized spacial score (nSPS) is 17.1. The number of nitrogens with one attached hydrogen (secondary N) is 1. The second-order valence-corrected chi connectivity index (χ2v) is 8.62. The van der Waals surface area contributed by atoms with Gasteiger partial charge in [0.1, 0.15) is 17.4 Å². The maximum atomic E-state index is 14.1. The predicted molar refractivity (Wildman–Crippen MR) is 127 cm³/mol. The number of carbonyl (C=O) groups excluding carboxylic acids is 1. The van der Waals surface area contributed by atoms with Crippen molar-refractivity contribution in [2.75, 3.05) is 36.5 Å². The van der Waals surface area contributed by atoms with Crippen LogP contribution >= 0.6 is 0 Å². The Labute approximate surface area is 196 Å². The molecule has 6 nitrogen and oxygen atoms in total. The number of fused-ring (bicyclic) bond motifs is 1. The molecular weight excluding hydrogens is 438 g/mol. The number of nitrogens with zero attached hydrogens (tertiary/aromatic N) is 3. The van der Waals surface area contributed by atoms with E-state index in [1.807, 2.05) is 17.9 Å². The number of piperazine rings is 1. The zero-order valence-electron chi connectivity index (χ0n) is 19.0. The summed E-state index contributed by atoms with van der Waals surface area (Å²) in [7, 11) is 0. The average Bonchev–Trinajstić information content (AvgIpc) is 3.21. The Morgan fingerprint density at radius 1 is 1.00 bits per heavy atom. The van der Waals surface area contributed by atoms with Gasteiger partial charge in [-0.1, -0.05) is 12.1 Å². The van der Waals surface area contributed by atoms with Gasteiger partial charge in [-0.05, 0) is 56.2 Å². The van der Waals surface area contributed by atoms with Crippen LogP contribution in [0.1, 0.15) is 40.3 Å². The predicted octanol–water partition coefficient (Wildman–Crippen LogP) is 4.98. The summed E-state index contributed by atoms with van der Waals surface area (Å²) in [4.78, 5) is 17.0. The first-order valence-electron chi connectivity index (χ1n) is 11.5. The van der Waals surface area contributed by atoms with Gasteiger partial charge < -0.3 is 14.2 Å². The van der Waals surface area contributed by atoms with Gasteiger partial charge in [0.2, 0.25) is 0 Å². The van der Waals surface area contributed by atoms with E-state index < -0.39 is 0 Å². The summed E-state index contributed by atoms with van der Waals surface area (Å²) in [5.41, 5.74) is 6.73. The third kappa shape index (κ3) is 4.27. The van der Waals surface area contributed by atoms with Crippen LogP contribution in [0.5, 0.6) is 0 Å². The summed E-state index contributed by atoms with van der Waals surface area (Å²) < 4.78 is 33.3. The number of rotatable bonds is 4. The van der Waals surface area contributed by atoms with Gasteiger partial charge in [0.25, 0.3) is 5.91 Å². The topological polar surface area (TPSA) is 61.1 Å². The van der Waals surface area contributed by atoms with Crippen LogP contribution in [0.2, 0.25) is 0 Å². The third-order valence-electron chi connectivity index (χ3n) is 6.44. The van der Waals surface area contributed by atoms with E-state index in [-0.39, 0.29) is 17.5 Å². The number of para-hydroxylation sites is 1. The first-order chi connectivity index (χ1) is 16.5. The van der Waals surface area contributed by atoms with Crippen molar-refractivity contribution >= 4 is 23.0 Å². The number of hydrogen-bond acceptors (Lipinski definition) is 5. The summed E-state index contributed by atoms with van der Waals surface area (Å²) in [6.45, 7) is 3.99. The average molecular weight is 465 g/mol. The van der Waals surface area contributed by atoms with Crippen molar-refractivity contribution in [2.24, 2.45) is 5.10 Å². The van der Waals surface area contributed by atoms with Crippen LogP contribution in [0.25, 0.3) is 0 Å². The number of furan rings is 1. The van der Waals surface area contributed by atoms with Gasteiger partial charge in [-0.2, -0.15) is 5.10 Å². The van der Waals surface area contributed by atoms with Crippen molar-refractivity contribution in [3.8, 4) is 0 Å². The fourth-order valence-electron chi connectivity index (χ4n) is 4.64. The molecule has 1 aliphatic carbocycles. The lowest BCUT2D eigenvalue weighted by Crippen LogP contribution is -2.49. The first-order valence-corrected chi connectivity index (χ1v) is 11.5. The zero-order chi connectivity index (χ0) is 23.7. The number of amides is 1. The number of hydrazone groups is 1. The van der Waals surface area contributed by atoms with Crippen LogP contribution in [-0.4, -0.2) is 42.7 Å². The molecular formula is C26H26F2N4O2. The molecule has 1 N–H and O–H groups in total. The molecule has 0 saturated carbocycles. The number of hydrogen-bond donors (Lipinski definition) is 1. The number of carbonyl (C=O) groups is 1. The minimum absolute atomic E-state index is 0.147. The molecule has 0 atom stereocenters. The van der Waals surface area contributed by atoms with E-state index in [1.165, 1.54) is 18.2 Å². The maximum Gasteiger partial charge on any atom is 0.289 e. The summed E-state index contributed by atoms with van der Waals surface area (Å²) in [5, 5.41) is 4.54. The highest BCUT2D eigenvalue weighted by atomic mass is 19.1. The van der Waals surface area contributed by atoms with Crippen molar-refractivity contribution in [1.29, 1.82) is 0 Å². The zero-order valence-corrected chi connectivity index (χ0v) is 19.0. The minimum atomic E-state index is -0.304. The molecule has 1 saturated heterocycles. The van der Waals surface area contributed by atoms with E-state index in [9.17, 15) is 13.6 Å². The van der Waals surface area contributed by atoms with Gasteiger partial charge in [-0.25, -0.2) is 8.78 Å². The standard InChI is InChI=1S/C26H26F2N4O2/c1-17-24-21(30-29-19-11-9-18(27)10-12-19)6-4-8-23(24)34-25(17)26(33)32-15-13-31(14-16-32)22-7-3-2-5-20(22)28/h2-3,5,7,9-12,29H,4,6,8,13-16H2,1H3/b30-21+. The maximum absolute atomic E-state index is 14.1. The number of benzene rings is 2. The Bertz CT molecular complexity index is 1230. The van der Waals surface area contributed by atoms with Crippen LogP contribution in [0.15, 0.2) is 58.0 Å². The molecule has 1 amide bonds. The summed E-state index contributed by atoms with van der Waals surface area (Å²) in [6.07, 6.45) is 2.38. The van der Waals surface area contributed by atoms with Gasteiger partial charge in [0.15, 0.2) is 5.76 Å². The Hall–Kier alpha value is -3.68. The summed E-state index contributed by atoms with van der Waals surface area (Å²) in [5.74, 6) is 0.419. The van der Waals surface area contributed by atoms with Crippen LogP contribution in [0, 0.1) is 18.6 Å². The molecule has 2 aliphatic rings. The van der Waals surface area contributed by atoms with Crippen molar-refractivity contribution in [2.45, 2.75) is 26.2 Å². The van der Waals surface area contributed by atoms with Crippen LogP contribution in [-0.2, 0) is 6.42 Å². The molecule has 0 spiro atoms. The molecule has 8 heteroatoms. The molecule has 0 bridgehead atoms. The Morgan fingerprint density at radius 2 is 1.74 bits per heavy atom. The van der Waals surface area contributed by atoms with Gasteiger partial charge >= 0.3 is 0 Å². The largest absolute Gasteiger partial charge is 0.455 e. The highest BCUT2D eigenvalue weighted by Crippen LogP contribution is 2.31. The monoisotopic (exact) mass is 464 g/mol. The van der Waals surface area contributed by atoms with E-state index in [4.69, 9.17) is 4.42 Å². The van der Waals surface area contributed by atoms with Crippen molar-refractivity contribution in [3.05, 3.63) is 82.8 Å². The molecule has 1 aliphatic heterocycles. The van der Waals surface area contributed by atoms with Gasteiger partial charge in [-0.15, -0.1) is 0 Å². The molecule has 1 fully saturated rings. The quantitative estimate of drug-likeness (QED) is 0.553. The lowest BCUT2D eigenvalue weighted by Gasteiger charge is -2.35. The molecule has 1 aromatic heterocycles. The Kier molecular flexibility index (Phi) is 6.04. The molecule has 2 heterocycles. The lowest BCUT2D eigenvalue weighted by molar-refractivity contribution is 0.0711. The Morgan fingerprint density at radius 3 is 2.47 bits per heavy atom. The van der Waals surface area contributed by atoms with Crippen LogP contribution in [0.3, 0.4) is 0 Å². The van der Waals surface area contributed by atoms with Crippen molar-refractivity contribution in [1.82, 2.24) is 4.90 Å². The Balaban J connectivity index is 1.32. The second kappa shape index (κ2) is 9.29. The highest BCUT2D eigenvalue weighted by molar-refractivity contribution is 6.06. The molecule has 176 valence electrons. The smallest absolute Gasteiger partial charge is 0.289 e. The third-order valence-corrected chi connectivity index (χ3v) is 6.44. The lowest BCUT2D eigenvalue weighted by atomic mass is 9.93. The van der Waals surface area contributed by atoms with Crippen molar-refractivity contribution < 1.29 is 18.0 Å². The molecule has 0 unspecified atom stereocenters.